The van der Waals surface area contributed by atoms with Crippen molar-refractivity contribution in [3.63, 3.8) is 0 Å². The molecule has 0 radical (unpaired) electrons. The zero-order valence-corrected chi connectivity index (χ0v) is 13.5. The first kappa shape index (κ1) is 16.0. The highest BCUT2D eigenvalue weighted by Crippen LogP contribution is 2.25. The Hall–Kier alpha value is -1.07. The lowest BCUT2D eigenvalue weighted by Crippen LogP contribution is -2.57. The number of methoxy groups -OCH3 is 1. The Kier molecular flexibility index (Phi) is 4.63. The Morgan fingerprint density at radius 3 is 2.37 bits per heavy atom. The molecule has 4 nitrogen and oxygen atoms in total. The topological polar surface area (TPSA) is 58.6 Å². The number of rotatable bonds is 4. The molecule has 0 unspecified atom stereocenters. The first-order chi connectivity index (χ1) is 8.58. The monoisotopic (exact) mass is 329 g/mol. The molecular formula is C14H20BrNO3. The summed E-state index contributed by atoms with van der Waals surface area (Å²) in [6.07, 6.45) is 0. The zero-order valence-electron chi connectivity index (χ0n) is 11.9. The van der Waals surface area contributed by atoms with Gasteiger partial charge in [-0.15, -0.1) is 0 Å². The number of amides is 1. The van der Waals surface area contributed by atoms with Crippen LogP contribution in [0.15, 0.2) is 22.7 Å². The molecule has 2 N–H and O–H groups in total. The third-order valence-electron chi connectivity index (χ3n) is 3.37. The number of carbonyl (C=O) groups is 1. The van der Waals surface area contributed by atoms with Crippen LogP contribution in [0, 0.1) is 0 Å². The third kappa shape index (κ3) is 3.70. The van der Waals surface area contributed by atoms with E-state index >= 15 is 0 Å². The average Bonchev–Trinajstić information content (AvgIpc) is 2.27. The molecule has 0 aliphatic carbocycles. The lowest BCUT2D eigenvalue weighted by atomic mass is 9.86. The lowest BCUT2D eigenvalue weighted by Gasteiger charge is -2.38. The summed E-state index contributed by atoms with van der Waals surface area (Å²) in [6.45, 7) is 6.87. The second-order valence-corrected chi connectivity index (χ2v) is 6.34. The van der Waals surface area contributed by atoms with E-state index in [1.165, 1.54) is 0 Å². The Bertz CT molecular complexity index is 478. The number of benzene rings is 1. The van der Waals surface area contributed by atoms with Gasteiger partial charge < -0.3 is 15.2 Å². The quantitative estimate of drug-likeness (QED) is 0.892. The number of hydrogen-bond donors (Lipinski definition) is 2. The molecular weight excluding hydrogens is 310 g/mol. The van der Waals surface area contributed by atoms with Crippen LogP contribution in [-0.2, 0) is 0 Å². The van der Waals surface area contributed by atoms with Crippen LogP contribution < -0.4 is 10.1 Å². The molecule has 0 aliphatic rings. The molecule has 0 aromatic heterocycles. The van der Waals surface area contributed by atoms with Gasteiger partial charge in [0.05, 0.1) is 23.8 Å². The Balaban J connectivity index is 3.02. The fraction of sp³-hybridized carbons (Fsp3) is 0.500. The summed E-state index contributed by atoms with van der Waals surface area (Å²) >= 11 is 3.34. The van der Waals surface area contributed by atoms with Gasteiger partial charge in [0.15, 0.2) is 0 Å². The smallest absolute Gasteiger partial charge is 0.253 e. The molecule has 0 heterocycles. The summed E-state index contributed by atoms with van der Waals surface area (Å²) < 4.78 is 5.79. The van der Waals surface area contributed by atoms with Crippen LogP contribution in [0.4, 0.5) is 0 Å². The SMILES string of the molecule is COc1ccc(Br)c(C(=O)NC(C)(C)C(C)(C)O)c1. The van der Waals surface area contributed by atoms with Crippen LogP contribution in [0.2, 0.25) is 0 Å². The van der Waals surface area contributed by atoms with Crippen molar-refractivity contribution in [2.24, 2.45) is 0 Å². The van der Waals surface area contributed by atoms with Crippen molar-refractivity contribution in [1.82, 2.24) is 5.32 Å². The minimum atomic E-state index is -1.03. The van der Waals surface area contributed by atoms with E-state index in [2.05, 4.69) is 21.2 Å². The number of halogens is 1. The minimum absolute atomic E-state index is 0.266. The highest BCUT2D eigenvalue weighted by Gasteiger charge is 2.36. The van der Waals surface area contributed by atoms with Gasteiger partial charge in [-0.3, -0.25) is 4.79 Å². The molecule has 0 aliphatic heterocycles. The highest BCUT2D eigenvalue weighted by atomic mass is 79.9. The second kappa shape index (κ2) is 5.51. The van der Waals surface area contributed by atoms with Gasteiger partial charge in [0.25, 0.3) is 5.91 Å². The molecule has 0 atom stereocenters. The number of hydrogen-bond acceptors (Lipinski definition) is 3. The summed E-state index contributed by atoms with van der Waals surface area (Å²) in [6, 6.07) is 5.17. The highest BCUT2D eigenvalue weighted by molar-refractivity contribution is 9.10. The lowest BCUT2D eigenvalue weighted by molar-refractivity contribution is -0.00294. The maximum Gasteiger partial charge on any atom is 0.253 e. The standard InChI is InChI=1S/C14H20BrNO3/c1-13(2,14(3,4)18)16-12(17)10-8-9(19-5)6-7-11(10)15/h6-8,18H,1-5H3,(H,16,17). The van der Waals surface area contributed by atoms with Crippen LogP contribution >= 0.6 is 15.9 Å². The molecule has 0 spiro atoms. The van der Waals surface area contributed by atoms with Crippen LogP contribution in [0.25, 0.3) is 0 Å². The number of nitrogens with one attached hydrogen (secondary N) is 1. The molecule has 0 fully saturated rings. The van der Waals surface area contributed by atoms with Gasteiger partial charge in [0.1, 0.15) is 5.75 Å². The second-order valence-electron chi connectivity index (χ2n) is 5.48. The summed E-state index contributed by atoms with van der Waals surface area (Å²) in [5.74, 6) is 0.340. The van der Waals surface area contributed by atoms with E-state index in [9.17, 15) is 9.90 Å². The molecule has 1 amide bonds. The predicted molar refractivity (Wildman–Crippen MR) is 78.5 cm³/mol. The van der Waals surface area contributed by atoms with Gasteiger partial charge in [-0.25, -0.2) is 0 Å². The van der Waals surface area contributed by atoms with Crippen molar-refractivity contribution < 1.29 is 14.6 Å². The fourth-order valence-electron chi connectivity index (χ4n) is 1.31. The summed E-state index contributed by atoms with van der Waals surface area (Å²) in [5, 5.41) is 12.9. The number of carbonyl (C=O) groups excluding carboxylic acids is 1. The maximum absolute atomic E-state index is 12.3. The molecule has 1 aromatic carbocycles. The molecule has 106 valence electrons. The maximum atomic E-state index is 12.3. The van der Waals surface area contributed by atoms with Crippen LogP contribution in [0.3, 0.4) is 0 Å². The van der Waals surface area contributed by atoms with Crippen molar-refractivity contribution in [2.45, 2.75) is 38.8 Å². The van der Waals surface area contributed by atoms with Gasteiger partial charge in [-0.2, -0.15) is 0 Å². The molecule has 5 heteroatoms. The third-order valence-corrected chi connectivity index (χ3v) is 4.07. The van der Waals surface area contributed by atoms with Gasteiger partial charge in [-0.05, 0) is 61.8 Å². The van der Waals surface area contributed by atoms with E-state index in [1.54, 1.807) is 53.0 Å². The van der Waals surface area contributed by atoms with Gasteiger partial charge >= 0.3 is 0 Å². The summed E-state index contributed by atoms with van der Waals surface area (Å²) in [7, 11) is 1.55. The normalized spacial score (nSPS) is 12.2. The van der Waals surface area contributed by atoms with Crippen LogP contribution in [-0.4, -0.2) is 29.3 Å². The largest absolute Gasteiger partial charge is 0.497 e. The molecule has 0 saturated heterocycles. The summed E-state index contributed by atoms with van der Waals surface area (Å²) in [4.78, 5) is 12.3. The molecule has 0 saturated carbocycles. The molecule has 0 bridgehead atoms. The summed E-state index contributed by atoms with van der Waals surface area (Å²) in [5.41, 5.74) is -1.32. The Morgan fingerprint density at radius 2 is 1.89 bits per heavy atom. The van der Waals surface area contributed by atoms with Gasteiger partial charge in [-0.1, -0.05) is 0 Å². The van der Waals surface area contributed by atoms with E-state index in [0.29, 0.717) is 15.8 Å². The van der Waals surface area contributed by atoms with Crippen molar-refractivity contribution >= 4 is 21.8 Å². The van der Waals surface area contributed by atoms with Gasteiger partial charge in [0, 0.05) is 4.47 Å². The zero-order chi connectivity index (χ0) is 14.8. The molecule has 1 rings (SSSR count). The van der Waals surface area contributed by atoms with Crippen molar-refractivity contribution in [3.8, 4) is 5.75 Å². The van der Waals surface area contributed by atoms with E-state index in [0.717, 1.165) is 0 Å². The first-order valence-corrected chi connectivity index (χ1v) is 6.76. The first-order valence-electron chi connectivity index (χ1n) is 5.97. The van der Waals surface area contributed by atoms with Crippen LogP contribution in [0.5, 0.6) is 5.75 Å². The van der Waals surface area contributed by atoms with Crippen molar-refractivity contribution in [1.29, 1.82) is 0 Å². The fourth-order valence-corrected chi connectivity index (χ4v) is 1.74. The minimum Gasteiger partial charge on any atom is -0.497 e. The molecule has 1 aromatic rings. The number of aliphatic hydroxyl groups is 1. The predicted octanol–water partition coefficient (Wildman–Crippen LogP) is 2.74. The Labute approximate surface area is 122 Å². The Morgan fingerprint density at radius 1 is 1.32 bits per heavy atom. The van der Waals surface area contributed by atoms with Crippen molar-refractivity contribution in [3.05, 3.63) is 28.2 Å². The van der Waals surface area contributed by atoms with E-state index in [1.807, 2.05) is 0 Å². The molecule has 19 heavy (non-hydrogen) atoms. The number of ether oxygens (including phenoxy) is 1. The van der Waals surface area contributed by atoms with E-state index < -0.39 is 11.1 Å². The van der Waals surface area contributed by atoms with Gasteiger partial charge in [0.2, 0.25) is 0 Å². The average molecular weight is 330 g/mol. The van der Waals surface area contributed by atoms with Crippen LogP contribution in [0.1, 0.15) is 38.1 Å². The van der Waals surface area contributed by atoms with E-state index in [-0.39, 0.29) is 5.91 Å². The van der Waals surface area contributed by atoms with Crippen molar-refractivity contribution in [2.75, 3.05) is 7.11 Å². The van der Waals surface area contributed by atoms with E-state index in [4.69, 9.17) is 4.74 Å².